The average Bonchev–Trinajstić information content (AvgIpc) is 2.46. The van der Waals surface area contributed by atoms with Crippen molar-refractivity contribution in [3.05, 3.63) is 53.2 Å². The molecule has 0 aliphatic rings. The zero-order valence-electron chi connectivity index (χ0n) is 10.5. The van der Waals surface area contributed by atoms with Crippen LogP contribution in [0.15, 0.2) is 36.4 Å². The molecule has 0 aliphatic carbocycles. The minimum Gasteiger partial charge on any atom is -0.477 e. The van der Waals surface area contributed by atoms with Crippen LogP contribution < -0.4 is 11.1 Å². The number of hydrogen-bond acceptors (Lipinski definition) is 5. The maximum atomic E-state index is 10.9. The number of aromatic nitrogens is 1. The Bertz CT molecular complexity index is 692. The molecule has 0 saturated heterocycles. The first-order chi connectivity index (χ1) is 9.60. The van der Waals surface area contributed by atoms with Gasteiger partial charge in [-0.2, -0.15) is 5.26 Å². The Labute approximate surface area is 115 Å². The number of carboxylic acids is 1. The highest BCUT2D eigenvalue weighted by atomic mass is 16.4. The van der Waals surface area contributed by atoms with E-state index in [1.165, 1.54) is 12.1 Å². The first-order valence-corrected chi connectivity index (χ1v) is 5.83. The van der Waals surface area contributed by atoms with Crippen molar-refractivity contribution in [1.82, 2.24) is 4.98 Å². The molecule has 6 nitrogen and oxygen atoms in total. The number of carboxylic acid groups (broad SMARTS) is 1. The van der Waals surface area contributed by atoms with Gasteiger partial charge in [-0.1, -0.05) is 12.1 Å². The van der Waals surface area contributed by atoms with Gasteiger partial charge in [0.25, 0.3) is 0 Å². The number of carbonyl (C=O) groups is 1. The Morgan fingerprint density at radius 2 is 2.20 bits per heavy atom. The fourth-order valence-corrected chi connectivity index (χ4v) is 1.67. The van der Waals surface area contributed by atoms with Gasteiger partial charge in [0, 0.05) is 6.54 Å². The summed E-state index contributed by atoms with van der Waals surface area (Å²) >= 11 is 0. The normalized spacial score (nSPS) is 9.75. The summed E-state index contributed by atoms with van der Waals surface area (Å²) in [6.45, 7) is 0.399. The standard InChI is InChI=1S/C14H12N4O2/c15-7-9-2-1-3-10(6-9)8-17-13-11(16)4-5-12(18-13)14(19)20/h1-6H,8,16H2,(H,17,18)(H,19,20). The third-order valence-electron chi connectivity index (χ3n) is 2.66. The summed E-state index contributed by atoms with van der Waals surface area (Å²) in [5, 5.41) is 20.7. The van der Waals surface area contributed by atoms with Crippen LogP contribution in [0.2, 0.25) is 0 Å². The highest BCUT2D eigenvalue weighted by Gasteiger charge is 2.08. The van der Waals surface area contributed by atoms with Gasteiger partial charge in [-0.15, -0.1) is 0 Å². The van der Waals surface area contributed by atoms with Crippen LogP contribution in [0.25, 0.3) is 0 Å². The molecule has 2 aromatic rings. The van der Waals surface area contributed by atoms with Gasteiger partial charge < -0.3 is 16.2 Å². The Kier molecular flexibility index (Phi) is 3.82. The van der Waals surface area contributed by atoms with Crippen LogP contribution in [0.3, 0.4) is 0 Å². The summed E-state index contributed by atoms with van der Waals surface area (Å²) < 4.78 is 0. The van der Waals surface area contributed by atoms with Crippen molar-refractivity contribution in [3.8, 4) is 6.07 Å². The van der Waals surface area contributed by atoms with Crippen molar-refractivity contribution in [1.29, 1.82) is 5.26 Å². The van der Waals surface area contributed by atoms with Crippen LogP contribution in [0.4, 0.5) is 11.5 Å². The van der Waals surface area contributed by atoms with E-state index in [0.717, 1.165) is 5.56 Å². The number of pyridine rings is 1. The summed E-state index contributed by atoms with van der Waals surface area (Å²) in [5.41, 5.74) is 7.47. The van der Waals surface area contributed by atoms with E-state index in [2.05, 4.69) is 16.4 Å². The maximum absolute atomic E-state index is 10.9. The summed E-state index contributed by atoms with van der Waals surface area (Å²) in [6.07, 6.45) is 0. The zero-order chi connectivity index (χ0) is 14.5. The molecule has 0 atom stereocenters. The van der Waals surface area contributed by atoms with Gasteiger partial charge in [-0.05, 0) is 29.8 Å². The lowest BCUT2D eigenvalue weighted by molar-refractivity contribution is 0.0690. The number of hydrogen-bond donors (Lipinski definition) is 3. The van der Waals surface area contributed by atoms with Crippen molar-refractivity contribution in [2.45, 2.75) is 6.54 Å². The van der Waals surface area contributed by atoms with E-state index in [1.54, 1.807) is 18.2 Å². The van der Waals surface area contributed by atoms with Gasteiger partial charge in [-0.25, -0.2) is 9.78 Å². The Morgan fingerprint density at radius 1 is 1.40 bits per heavy atom. The lowest BCUT2D eigenvalue weighted by Crippen LogP contribution is -2.08. The van der Waals surface area contributed by atoms with E-state index in [4.69, 9.17) is 16.1 Å². The third kappa shape index (κ3) is 3.03. The smallest absolute Gasteiger partial charge is 0.354 e. The minimum atomic E-state index is -1.11. The number of aromatic carboxylic acids is 1. The first-order valence-electron chi connectivity index (χ1n) is 5.83. The van der Waals surface area contributed by atoms with Crippen molar-refractivity contribution >= 4 is 17.5 Å². The van der Waals surface area contributed by atoms with Crippen LogP contribution in [0.5, 0.6) is 0 Å². The predicted octanol–water partition coefficient (Wildman–Crippen LogP) is 1.85. The van der Waals surface area contributed by atoms with E-state index in [-0.39, 0.29) is 5.69 Å². The Morgan fingerprint density at radius 3 is 2.90 bits per heavy atom. The number of rotatable bonds is 4. The van der Waals surface area contributed by atoms with Crippen LogP contribution in [-0.2, 0) is 6.54 Å². The molecule has 1 aromatic carbocycles. The predicted molar refractivity (Wildman–Crippen MR) is 74.1 cm³/mol. The van der Waals surface area contributed by atoms with Crippen LogP contribution in [0, 0.1) is 11.3 Å². The van der Waals surface area contributed by atoms with E-state index < -0.39 is 5.97 Å². The molecular formula is C14H12N4O2. The molecule has 6 heteroatoms. The third-order valence-corrected chi connectivity index (χ3v) is 2.66. The summed E-state index contributed by atoms with van der Waals surface area (Å²) in [5.74, 6) is -0.799. The van der Waals surface area contributed by atoms with Gasteiger partial charge in [0.15, 0.2) is 5.69 Å². The average molecular weight is 268 g/mol. The number of nitriles is 1. The largest absolute Gasteiger partial charge is 0.477 e. The molecule has 0 spiro atoms. The van der Waals surface area contributed by atoms with Crippen molar-refractivity contribution in [2.75, 3.05) is 11.1 Å². The molecule has 0 fully saturated rings. The van der Waals surface area contributed by atoms with Gasteiger partial charge in [0.2, 0.25) is 0 Å². The van der Waals surface area contributed by atoms with Crippen molar-refractivity contribution < 1.29 is 9.90 Å². The van der Waals surface area contributed by atoms with Crippen LogP contribution in [-0.4, -0.2) is 16.1 Å². The van der Waals surface area contributed by atoms with Gasteiger partial charge in [0.1, 0.15) is 5.82 Å². The van der Waals surface area contributed by atoms with Gasteiger partial charge in [-0.3, -0.25) is 0 Å². The minimum absolute atomic E-state index is 0.0764. The van der Waals surface area contributed by atoms with Crippen molar-refractivity contribution in [2.24, 2.45) is 0 Å². The molecule has 2 rings (SSSR count). The van der Waals surface area contributed by atoms with Crippen LogP contribution >= 0.6 is 0 Å². The second kappa shape index (κ2) is 5.71. The number of nitrogens with two attached hydrogens (primary N) is 1. The number of nitrogen functional groups attached to an aromatic ring is 1. The lowest BCUT2D eigenvalue weighted by Gasteiger charge is -2.09. The quantitative estimate of drug-likeness (QED) is 0.780. The fraction of sp³-hybridized carbons (Fsp3) is 0.0714. The number of anilines is 2. The molecule has 20 heavy (non-hydrogen) atoms. The maximum Gasteiger partial charge on any atom is 0.354 e. The zero-order valence-corrected chi connectivity index (χ0v) is 10.5. The second-order valence-corrected chi connectivity index (χ2v) is 4.11. The Hall–Kier alpha value is -3.07. The van der Waals surface area contributed by atoms with E-state index in [9.17, 15) is 4.79 Å². The molecule has 0 bridgehead atoms. The van der Waals surface area contributed by atoms with E-state index in [0.29, 0.717) is 23.6 Å². The van der Waals surface area contributed by atoms with E-state index in [1.807, 2.05) is 6.07 Å². The second-order valence-electron chi connectivity index (χ2n) is 4.11. The molecule has 0 amide bonds. The number of nitrogens with one attached hydrogen (secondary N) is 1. The molecule has 0 aliphatic heterocycles. The molecule has 0 saturated carbocycles. The molecule has 0 unspecified atom stereocenters. The summed E-state index contributed by atoms with van der Waals surface area (Å²) in [4.78, 5) is 14.8. The van der Waals surface area contributed by atoms with Gasteiger partial charge in [0.05, 0.1) is 17.3 Å². The molecule has 1 heterocycles. The fourth-order valence-electron chi connectivity index (χ4n) is 1.67. The summed E-state index contributed by atoms with van der Waals surface area (Å²) in [6, 6.07) is 12.0. The topological polar surface area (TPSA) is 112 Å². The SMILES string of the molecule is N#Cc1cccc(CNc2nc(C(=O)O)ccc2N)c1. The molecule has 100 valence electrons. The first kappa shape index (κ1) is 13.4. The Balaban J connectivity index is 2.16. The highest BCUT2D eigenvalue weighted by molar-refractivity contribution is 5.86. The summed E-state index contributed by atoms with van der Waals surface area (Å²) in [7, 11) is 0. The number of benzene rings is 1. The van der Waals surface area contributed by atoms with Gasteiger partial charge >= 0.3 is 5.97 Å². The number of nitrogens with zero attached hydrogens (tertiary/aromatic N) is 2. The van der Waals surface area contributed by atoms with Crippen LogP contribution in [0.1, 0.15) is 21.6 Å². The molecule has 1 aromatic heterocycles. The lowest BCUT2D eigenvalue weighted by atomic mass is 10.1. The molecule has 0 radical (unpaired) electrons. The van der Waals surface area contributed by atoms with E-state index >= 15 is 0 Å². The monoisotopic (exact) mass is 268 g/mol. The molecule has 4 N–H and O–H groups in total. The van der Waals surface area contributed by atoms with Crippen molar-refractivity contribution in [3.63, 3.8) is 0 Å². The molecular weight excluding hydrogens is 256 g/mol. The highest BCUT2D eigenvalue weighted by Crippen LogP contribution is 2.17.